The van der Waals surface area contributed by atoms with Crippen molar-refractivity contribution in [3.8, 4) is 0 Å². The first-order valence-electron chi connectivity index (χ1n) is 6.76. The summed E-state index contributed by atoms with van der Waals surface area (Å²) in [6, 6.07) is 10.5. The van der Waals surface area contributed by atoms with Gasteiger partial charge in [-0.05, 0) is 19.4 Å². The minimum atomic E-state index is 0.207. The van der Waals surface area contributed by atoms with Gasteiger partial charge in [0.1, 0.15) is 0 Å². The van der Waals surface area contributed by atoms with Crippen molar-refractivity contribution in [3.05, 3.63) is 35.9 Å². The van der Waals surface area contributed by atoms with Crippen LogP contribution in [0.1, 0.15) is 25.5 Å². The lowest BCUT2D eigenvalue weighted by Gasteiger charge is -2.33. The molecule has 1 atom stereocenters. The molecule has 100 valence electrons. The van der Waals surface area contributed by atoms with Crippen LogP contribution in [0.25, 0.3) is 0 Å². The average Bonchev–Trinajstić information content (AvgIpc) is 2.40. The molecule has 1 fully saturated rings. The van der Waals surface area contributed by atoms with Crippen LogP contribution in [0.15, 0.2) is 30.3 Å². The second-order valence-corrected chi connectivity index (χ2v) is 4.99. The predicted octanol–water partition coefficient (Wildman–Crippen LogP) is 2.48. The first-order chi connectivity index (χ1) is 8.75. The van der Waals surface area contributed by atoms with E-state index >= 15 is 0 Å². The minimum Gasteiger partial charge on any atom is -0.377 e. The molecule has 0 saturated carbocycles. The van der Waals surface area contributed by atoms with Crippen LogP contribution in [0.5, 0.6) is 0 Å². The number of hydrogen-bond donors (Lipinski definition) is 0. The molecule has 0 aromatic heterocycles. The molecule has 3 heteroatoms. The van der Waals surface area contributed by atoms with Gasteiger partial charge >= 0.3 is 0 Å². The van der Waals surface area contributed by atoms with E-state index in [1.54, 1.807) is 0 Å². The van der Waals surface area contributed by atoms with E-state index in [1.165, 1.54) is 5.56 Å². The van der Waals surface area contributed by atoms with E-state index in [0.29, 0.717) is 6.10 Å². The fraction of sp³-hybridized carbons (Fsp3) is 0.600. The number of benzene rings is 1. The van der Waals surface area contributed by atoms with Gasteiger partial charge in [0.05, 0.1) is 25.4 Å². The molecular formula is C15H23NO2. The van der Waals surface area contributed by atoms with Gasteiger partial charge in [0.15, 0.2) is 0 Å². The zero-order valence-electron chi connectivity index (χ0n) is 11.3. The van der Waals surface area contributed by atoms with Crippen LogP contribution < -0.4 is 0 Å². The molecule has 2 rings (SSSR count). The molecule has 1 unspecified atom stereocenters. The molecule has 1 aromatic carbocycles. The van der Waals surface area contributed by atoms with Gasteiger partial charge in [-0.1, -0.05) is 30.3 Å². The maximum Gasteiger partial charge on any atom is 0.0952 e. The van der Waals surface area contributed by atoms with Crippen molar-refractivity contribution < 1.29 is 9.47 Å². The number of rotatable bonds is 5. The average molecular weight is 249 g/mol. The van der Waals surface area contributed by atoms with E-state index in [9.17, 15) is 0 Å². The summed E-state index contributed by atoms with van der Waals surface area (Å²) in [7, 11) is 0. The van der Waals surface area contributed by atoms with E-state index < -0.39 is 0 Å². The zero-order chi connectivity index (χ0) is 12.8. The van der Waals surface area contributed by atoms with Gasteiger partial charge in [-0.25, -0.2) is 0 Å². The van der Waals surface area contributed by atoms with Crippen LogP contribution in [0.2, 0.25) is 0 Å². The Morgan fingerprint density at radius 1 is 1.33 bits per heavy atom. The first-order valence-corrected chi connectivity index (χ1v) is 6.76. The Morgan fingerprint density at radius 3 is 2.83 bits per heavy atom. The first kappa shape index (κ1) is 13.5. The molecule has 1 aliphatic rings. The summed E-state index contributed by atoms with van der Waals surface area (Å²) in [5, 5.41) is 0. The zero-order valence-corrected chi connectivity index (χ0v) is 11.3. The second-order valence-electron chi connectivity index (χ2n) is 4.99. The molecule has 1 aliphatic heterocycles. The van der Waals surface area contributed by atoms with Crippen LogP contribution in [-0.4, -0.2) is 43.9 Å². The molecule has 0 aliphatic carbocycles. The van der Waals surface area contributed by atoms with Gasteiger partial charge in [0.25, 0.3) is 0 Å². The number of morpholine rings is 1. The third-order valence-corrected chi connectivity index (χ3v) is 3.18. The summed E-state index contributed by atoms with van der Waals surface area (Å²) in [6.07, 6.45) is 0.523. The number of ether oxygens (including phenoxy) is 2. The lowest BCUT2D eigenvalue weighted by Crippen LogP contribution is -2.40. The van der Waals surface area contributed by atoms with Crippen molar-refractivity contribution in [2.75, 3.05) is 32.8 Å². The largest absolute Gasteiger partial charge is 0.377 e. The Labute approximate surface area is 110 Å². The Hall–Kier alpha value is -0.900. The van der Waals surface area contributed by atoms with Gasteiger partial charge in [-0.3, -0.25) is 4.90 Å². The monoisotopic (exact) mass is 249 g/mol. The van der Waals surface area contributed by atoms with Crippen molar-refractivity contribution in [2.24, 2.45) is 0 Å². The van der Waals surface area contributed by atoms with E-state index in [0.717, 1.165) is 32.8 Å². The molecule has 1 saturated heterocycles. The molecular weight excluding hydrogens is 226 g/mol. The summed E-state index contributed by atoms with van der Waals surface area (Å²) in [5.74, 6) is 0. The summed E-state index contributed by atoms with van der Waals surface area (Å²) < 4.78 is 11.4. The summed E-state index contributed by atoms with van der Waals surface area (Å²) in [4.78, 5) is 2.42. The van der Waals surface area contributed by atoms with Crippen LogP contribution >= 0.6 is 0 Å². The third-order valence-electron chi connectivity index (χ3n) is 3.18. The number of nitrogens with zero attached hydrogens (tertiary/aromatic N) is 1. The van der Waals surface area contributed by atoms with Crippen LogP contribution in [0.4, 0.5) is 0 Å². The van der Waals surface area contributed by atoms with Crippen LogP contribution in [-0.2, 0) is 9.47 Å². The molecule has 3 nitrogen and oxygen atoms in total. The fourth-order valence-corrected chi connectivity index (χ4v) is 2.19. The molecule has 0 bridgehead atoms. The van der Waals surface area contributed by atoms with Gasteiger partial charge in [-0.15, -0.1) is 0 Å². The van der Waals surface area contributed by atoms with E-state index in [4.69, 9.17) is 9.47 Å². The highest BCUT2D eigenvalue weighted by Crippen LogP contribution is 2.21. The van der Waals surface area contributed by atoms with Gasteiger partial charge in [0, 0.05) is 19.6 Å². The predicted molar refractivity (Wildman–Crippen MR) is 72.7 cm³/mol. The summed E-state index contributed by atoms with van der Waals surface area (Å²) in [5.41, 5.74) is 1.27. The van der Waals surface area contributed by atoms with E-state index in [2.05, 4.69) is 43.0 Å². The Morgan fingerprint density at radius 2 is 2.11 bits per heavy atom. The van der Waals surface area contributed by atoms with Crippen molar-refractivity contribution in [1.82, 2.24) is 4.90 Å². The maximum atomic E-state index is 5.84. The fourth-order valence-electron chi connectivity index (χ4n) is 2.19. The Balaban J connectivity index is 1.81. The number of hydrogen-bond acceptors (Lipinski definition) is 3. The van der Waals surface area contributed by atoms with Crippen molar-refractivity contribution in [1.29, 1.82) is 0 Å². The maximum absolute atomic E-state index is 5.84. The molecule has 0 amide bonds. The molecule has 0 spiro atoms. The SMILES string of the molecule is CC(C)OCCN1CCOC(c2ccccc2)C1. The van der Waals surface area contributed by atoms with Crippen molar-refractivity contribution in [2.45, 2.75) is 26.1 Å². The quantitative estimate of drug-likeness (QED) is 0.800. The lowest BCUT2D eigenvalue weighted by molar-refractivity contribution is -0.0412. The summed E-state index contributed by atoms with van der Waals surface area (Å²) >= 11 is 0. The smallest absolute Gasteiger partial charge is 0.0952 e. The highest BCUT2D eigenvalue weighted by Gasteiger charge is 2.21. The van der Waals surface area contributed by atoms with Crippen LogP contribution in [0.3, 0.4) is 0 Å². The topological polar surface area (TPSA) is 21.7 Å². The minimum absolute atomic E-state index is 0.207. The molecule has 0 N–H and O–H groups in total. The van der Waals surface area contributed by atoms with Gasteiger partial charge < -0.3 is 9.47 Å². The van der Waals surface area contributed by atoms with Crippen LogP contribution in [0, 0.1) is 0 Å². The normalized spacial score (nSPS) is 21.4. The highest BCUT2D eigenvalue weighted by molar-refractivity contribution is 5.18. The molecule has 1 aromatic rings. The third kappa shape index (κ3) is 4.09. The van der Waals surface area contributed by atoms with Gasteiger partial charge in [0.2, 0.25) is 0 Å². The lowest BCUT2D eigenvalue weighted by atomic mass is 10.1. The standard InChI is InChI=1S/C15H23NO2/c1-13(2)17-10-8-16-9-11-18-15(12-16)14-6-4-3-5-7-14/h3-7,13,15H,8-12H2,1-2H3. The van der Waals surface area contributed by atoms with E-state index in [1.807, 2.05) is 6.07 Å². The molecule has 18 heavy (non-hydrogen) atoms. The molecule has 0 radical (unpaired) electrons. The molecule has 1 heterocycles. The second kappa shape index (κ2) is 6.88. The van der Waals surface area contributed by atoms with Crippen molar-refractivity contribution in [3.63, 3.8) is 0 Å². The van der Waals surface area contributed by atoms with E-state index in [-0.39, 0.29) is 6.10 Å². The highest BCUT2D eigenvalue weighted by atomic mass is 16.5. The van der Waals surface area contributed by atoms with Gasteiger partial charge in [-0.2, -0.15) is 0 Å². The Bertz CT molecular complexity index is 340. The Kier molecular flexibility index (Phi) is 5.17. The van der Waals surface area contributed by atoms with Crippen molar-refractivity contribution >= 4 is 0 Å². The summed E-state index contributed by atoms with van der Waals surface area (Å²) in [6.45, 7) is 8.72.